The Morgan fingerprint density at radius 3 is 2.65 bits per heavy atom. The summed E-state index contributed by atoms with van der Waals surface area (Å²) >= 11 is 0. The number of hydrogen-bond acceptors (Lipinski definition) is 4. The molecule has 20 heavy (non-hydrogen) atoms. The zero-order valence-corrected chi connectivity index (χ0v) is 13.4. The van der Waals surface area contributed by atoms with E-state index in [4.69, 9.17) is 9.47 Å². The Morgan fingerprint density at radius 2 is 1.90 bits per heavy atom. The smallest absolute Gasteiger partial charge is 0.0674 e. The SMILES string of the molecule is COCC[C@@H]1CCCCN(CCN2CCO[C@@H](C)C2)C1. The Bertz CT molecular complexity index is 263. The highest BCUT2D eigenvalue weighted by Crippen LogP contribution is 2.19. The molecule has 2 heterocycles. The van der Waals surface area contributed by atoms with Gasteiger partial charge in [-0.2, -0.15) is 0 Å². The van der Waals surface area contributed by atoms with Gasteiger partial charge < -0.3 is 14.4 Å². The first-order valence-electron chi connectivity index (χ1n) is 8.33. The fourth-order valence-electron chi connectivity index (χ4n) is 3.42. The quantitative estimate of drug-likeness (QED) is 0.743. The van der Waals surface area contributed by atoms with Gasteiger partial charge in [0.05, 0.1) is 12.7 Å². The van der Waals surface area contributed by atoms with Gasteiger partial charge in [0.1, 0.15) is 0 Å². The molecule has 0 unspecified atom stereocenters. The molecule has 2 saturated heterocycles. The van der Waals surface area contributed by atoms with Crippen LogP contribution in [-0.4, -0.2) is 75.5 Å². The number of methoxy groups -OCH3 is 1. The van der Waals surface area contributed by atoms with Gasteiger partial charge in [-0.3, -0.25) is 4.90 Å². The van der Waals surface area contributed by atoms with Gasteiger partial charge in [0.2, 0.25) is 0 Å². The first-order valence-corrected chi connectivity index (χ1v) is 8.33. The van der Waals surface area contributed by atoms with Gasteiger partial charge >= 0.3 is 0 Å². The molecule has 0 saturated carbocycles. The molecule has 0 N–H and O–H groups in total. The van der Waals surface area contributed by atoms with E-state index in [1.165, 1.54) is 51.9 Å². The molecule has 0 aromatic carbocycles. The summed E-state index contributed by atoms with van der Waals surface area (Å²) in [6.07, 6.45) is 5.76. The lowest BCUT2D eigenvalue weighted by Gasteiger charge is -2.33. The van der Waals surface area contributed by atoms with Gasteiger partial charge in [0.25, 0.3) is 0 Å². The van der Waals surface area contributed by atoms with Crippen molar-refractivity contribution in [3.8, 4) is 0 Å². The highest BCUT2D eigenvalue weighted by molar-refractivity contribution is 4.74. The van der Waals surface area contributed by atoms with Gasteiger partial charge in [0.15, 0.2) is 0 Å². The molecule has 0 aromatic rings. The summed E-state index contributed by atoms with van der Waals surface area (Å²) < 4.78 is 10.9. The van der Waals surface area contributed by atoms with E-state index in [1.54, 1.807) is 0 Å². The van der Waals surface area contributed by atoms with Gasteiger partial charge in [-0.05, 0) is 38.6 Å². The van der Waals surface area contributed by atoms with Crippen molar-refractivity contribution in [2.45, 2.75) is 38.7 Å². The van der Waals surface area contributed by atoms with E-state index in [-0.39, 0.29) is 0 Å². The minimum absolute atomic E-state index is 0.405. The third kappa shape index (κ3) is 5.68. The van der Waals surface area contributed by atoms with Crippen molar-refractivity contribution in [3.05, 3.63) is 0 Å². The zero-order chi connectivity index (χ0) is 14.2. The standard InChI is InChI=1S/C16H32N2O2/c1-15-13-18(10-12-20-15)9-8-17-7-4-3-5-16(14-17)6-11-19-2/h15-16H,3-14H2,1-2H3/t15-,16-/m0/s1. The Balaban J connectivity index is 1.70. The molecule has 0 bridgehead atoms. The monoisotopic (exact) mass is 284 g/mol. The highest BCUT2D eigenvalue weighted by Gasteiger charge is 2.20. The average molecular weight is 284 g/mol. The van der Waals surface area contributed by atoms with E-state index in [2.05, 4.69) is 16.7 Å². The van der Waals surface area contributed by atoms with E-state index in [0.29, 0.717) is 6.10 Å². The summed E-state index contributed by atoms with van der Waals surface area (Å²) in [4.78, 5) is 5.23. The summed E-state index contributed by atoms with van der Waals surface area (Å²) in [6, 6.07) is 0. The van der Waals surface area contributed by atoms with Crippen molar-refractivity contribution in [3.63, 3.8) is 0 Å². The van der Waals surface area contributed by atoms with Gasteiger partial charge in [0, 0.05) is 46.4 Å². The van der Waals surface area contributed by atoms with Crippen LogP contribution in [-0.2, 0) is 9.47 Å². The fraction of sp³-hybridized carbons (Fsp3) is 1.00. The summed E-state index contributed by atoms with van der Waals surface area (Å²) in [5, 5.41) is 0. The molecule has 4 nitrogen and oxygen atoms in total. The molecule has 0 amide bonds. The van der Waals surface area contributed by atoms with Crippen molar-refractivity contribution < 1.29 is 9.47 Å². The van der Waals surface area contributed by atoms with Crippen molar-refractivity contribution in [1.29, 1.82) is 0 Å². The molecule has 4 heteroatoms. The lowest BCUT2D eigenvalue weighted by molar-refractivity contribution is -0.0208. The molecule has 2 fully saturated rings. The predicted octanol–water partition coefficient (Wildman–Crippen LogP) is 1.85. The van der Waals surface area contributed by atoms with E-state index < -0.39 is 0 Å². The maximum atomic E-state index is 5.61. The largest absolute Gasteiger partial charge is 0.385 e. The molecular weight excluding hydrogens is 252 g/mol. The second-order valence-electron chi connectivity index (χ2n) is 6.43. The lowest BCUT2D eigenvalue weighted by Crippen LogP contribution is -2.45. The molecular formula is C16H32N2O2. The van der Waals surface area contributed by atoms with E-state index >= 15 is 0 Å². The molecule has 2 rings (SSSR count). The minimum atomic E-state index is 0.405. The molecule has 0 radical (unpaired) electrons. The van der Waals surface area contributed by atoms with Gasteiger partial charge in [-0.1, -0.05) is 6.42 Å². The zero-order valence-electron chi connectivity index (χ0n) is 13.4. The number of likely N-dealkylation sites (tertiary alicyclic amines) is 1. The van der Waals surface area contributed by atoms with Crippen molar-refractivity contribution in [2.75, 3.05) is 59.6 Å². The number of nitrogens with zero attached hydrogens (tertiary/aromatic N) is 2. The van der Waals surface area contributed by atoms with Crippen LogP contribution in [0.5, 0.6) is 0 Å². The summed E-state index contributed by atoms with van der Waals surface area (Å²) in [5.74, 6) is 0.834. The van der Waals surface area contributed by atoms with Crippen LogP contribution in [0, 0.1) is 5.92 Å². The van der Waals surface area contributed by atoms with Crippen molar-refractivity contribution in [1.82, 2.24) is 9.80 Å². The minimum Gasteiger partial charge on any atom is -0.385 e. The third-order valence-electron chi connectivity index (χ3n) is 4.64. The summed E-state index contributed by atoms with van der Waals surface area (Å²) in [6.45, 7) is 11.2. The second kappa shape index (κ2) is 8.98. The molecule has 0 spiro atoms. The van der Waals surface area contributed by atoms with Gasteiger partial charge in [-0.25, -0.2) is 0 Å². The molecule has 0 aliphatic carbocycles. The first kappa shape index (κ1) is 16.2. The van der Waals surface area contributed by atoms with Crippen molar-refractivity contribution >= 4 is 0 Å². The average Bonchev–Trinajstić information content (AvgIpc) is 2.68. The van der Waals surface area contributed by atoms with Crippen LogP contribution in [0.4, 0.5) is 0 Å². The maximum absolute atomic E-state index is 5.61. The van der Waals surface area contributed by atoms with Crippen LogP contribution >= 0.6 is 0 Å². The third-order valence-corrected chi connectivity index (χ3v) is 4.64. The Labute approximate surface area is 124 Å². The number of rotatable bonds is 6. The van der Waals surface area contributed by atoms with Crippen LogP contribution in [0.25, 0.3) is 0 Å². The van der Waals surface area contributed by atoms with E-state index in [0.717, 1.165) is 32.2 Å². The van der Waals surface area contributed by atoms with Crippen LogP contribution in [0.15, 0.2) is 0 Å². The Hall–Kier alpha value is -0.160. The van der Waals surface area contributed by atoms with Crippen LogP contribution in [0.3, 0.4) is 0 Å². The molecule has 2 aliphatic rings. The Kier molecular flexibility index (Phi) is 7.28. The molecule has 0 aromatic heterocycles. The second-order valence-corrected chi connectivity index (χ2v) is 6.43. The van der Waals surface area contributed by atoms with Crippen LogP contribution in [0.2, 0.25) is 0 Å². The van der Waals surface area contributed by atoms with E-state index in [9.17, 15) is 0 Å². The van der Waals surface area contributed by atoms with Crippen LogP contribution < -0.4 is 0 Å². The van der Waals surface area contributed by atoms with Gasteiger partial charge in [-0.15, -0.1) is 0 Å². The normalized spacial score (nSPS) is 30.3. The van der Waals surface area contributed by atoms with E-state index in [1.807, 2.05) is 7.11 Å². The topological polar surface area (TPSA) is 24.9 Å². The predicted molar refractivity (Wildman–Crippen MR) is 82.1 cm³/mol. The summed E-state index contributed by atoms with van der Waals surface area (Å²) in [7, 11) is 1.81. The molecule has 2 aliphatic heterocycles. The first-order chi connectivity index (χ1) is 9.78. The molecule has 118 valence electrons. The number of ether oxygens (including phenoxy) is 2. The fourth-order valence-corrected chi connectivity index (χ4v) is 3.42. The van der Waals surface area contributed by atoms with Crippen molar-refractivity contribution in [2.24, 2.45) is 5.92 Å². The summed E-state index contributed by atoms with van der Waals surface area (Å²) in [5.41, 5.74) is 0. The highest BCUT2D eigenvalue weighted by atomic mass is 16.5. The maximum Gasteiger partial charge on any atom is 0.0674 e. The number of morpholine rings is 1. The number of hydrogen-bond donors (Lipinski definition) is 0. The lowest BCUT2D eigenvalue weighted by atomic mass is 10.0. The Morgan fingerprint density at radius 1 is 1.10 bits per heavy atom. The van der Waals surface area contributed by atoms with Crippen LogP contribution in [0.1, 0.15) is 32.6 Å². The molecule has 2 atom stereocenters.